The number of amides is 1. The van der Waals surface area contributed by atoms with Crippen LogP contribution in [0.4, 0.5) is 11.6 Å². The second kappa shape index (κ2) is 7.18. The van der Waals surface area contributed by atoms with Crippen molar-refractivity contribution >= 4 is 27.4 Å². The predicted octanol–water partition coefficient (Wildman–Crippen LogP) is 1.89. The lowest BCUT2D eigenvalue weighted by molar-refractivity contribution is 0.102. The summed E-state index contributed by atoms with van der Waals surface area (Å²) in [6.07, 6.45) is 2.94. The van der Waals surface area contributed by atoms with Crippen LogP contribution in [0.2, 0.25) is 0 Å². The molecule has 1 unspecified atom stereocenters. The molecule has 8 heteroatoms. The molecule has 1 atom stereocenters. The van der Waals surface area contributed by atoms with Gasteiger partial charge in [-0.05, 0) is 36.6 Å². The fraction of sp³-hybridized carbons (Fsp3) is 0.353. The minimum Gasteiger partial charge on any atom is -0.350 e. The van der Waals surface area contributed by atoms with E-state index in [1.807, 2.05) is 24.3 Å². The number of carbonyl (C=O) groups is 1. The van der Waals surface area contributed by atoms with Crippen molar-refractivity contribution in [2.24, 2.45) is 0 Å². The van der Waals surface area contributed by atoms with Crippen molar-refractivity contribution in [1.29, 1.82) is 0 Å². The van der Waals surface area contributed by atoms with Gasteiger partial charge in [0.05, 0.1) is 11.5 Å². The van der Waals surface area contributed by atoms with Crippen molar-refractivity contribution in [2.75, 3.05) is 22.1 Å². The Labute approximate surface area is 146 Å². The van der Waals surface area contributed by atoms with Crippen molar-refractivity contribution in [2.45, 2.75) is 25.8 Å². The number of nitrogens with zero attached hydrogens (tertiary/aromatic N) is 2. The molecule has 1 aromatic heterocycles. The average Bonchev–Trinajstić information content (AvgIpc) is 2.94. The molecule has 1 aliphatic rings. The first kappa shape index (κ1) is 17.3. The van der Waals surface area contributed by atoms with Crippen LogP contribution in [0.1, 0.15) is 29.4 Å². The van der Waals surface area contributed by atoms with Crippen LogP contribution in [0.5, 0.6) is 0 Å². The summed E-state index contributed by atoms with van der Waals surface area (Å²) in [5, 5.41) is 5.78. The summed E-state index contributed by atoms with van der Waals surface area (Å²) in [4.78, 5) is 20.6. The van der Waals surface area contributed by atoms with Crippen LogP contribution in [0.3, 0.4) is 0 Å². The molecule has 7 nitrogen and oxygen atoms in total. The summed E-state index contributed by atoms with van der Waals surface area (Å²) in [7, 11) is -2.99. The Morgan fingerprint density at radius 2 is 2.00 bits per heavy atom. The molecular formula is C17H20N4O3S. The molecule has 0 bridgehead atoms. The number of nitrogens with one attached hydrogen (secondary N) is 2. The number of hydrogen-bond acceptors (Lipinski definition) is 6. The number of aryl methyl sites for hydroxylation is 1. The molecule has 0 saturated carbocycles. The summed E-state index contributed by atoms with van der Waals surface area (Å²) in [5.41, 5.74) is 2.10. The molecule has 3 rings (SSSR count). The Morgan fingerprint density at radius 3 is 2.64 bits per heavy atom. The van der Waals surface area contributed by atoms with E-state index in [2.05, 4.69) is 27.5 Å². The number of rotatable bonds is 5. The largest absolute Gasteiger partial charge is 0.350 e. The molecule has 1 fully saturated rings. The highest BCUT2D eigenvalue weighted by atomic mass is 32.2. The molecule has 1 saturated heterocycles. The highest BCUT2D eigenvalue weighted by Crippen LogP contribution is 2.16. The third-order valence-corrected chi connectivity index (χ3v) is 5.84. The average molecular weight is 360 g/mol. The van der Waals surface area contributed by atoms with Gasteiger partial charge in [-0.1, -0.05) is 19.1 Å². The van der Waals surface area contributed by atoms with Crippen molar-refractivity contribution in [3.05, 3.63) is 47.8 Å². The van der Waals surface area contributed by atoms with E-state index in [0.29, 0.717) is 12.1 Å². The molecular weight excluding hydrogens is 340 g/mol. The van der Waals surface area contributed by atoms with Crippen molar-refractivity contribution in [3.63, 3.8) is 0 Å². The topological polar surface area (TPSA) is 101 Å². The highest BCUT2D eigenvalue weighted by molar-refractivity contribution is 7.91. The first-order valence-electron chi connectivity index (χ1n) is 8.15. The maximum atomic E-state index is 12.3. The molecule has 2 aromatic rings. The standard InChI is InChI=1S/C17H20N4O3S/c1-2-12-3-5-13(6-4-12)19-16(22)15-7-9-18-17(21-15)20-14-8-10-25(23,24)11-14/h3-7,9,14H,2,8,10-11H2,1H3,(H,19,22)(H,18,20,21). The molecule has 2 N–H and O–H groups in total. The monoisotopic (exact) mass is 360 g/mol. The number of sulfone groups is 1. The Hall–Kier alpha value is -2.48. The van der Waals surface area contributed by atoms with Crippen LogP contribution in [-0.4, -0.2) is 41.8 Å². The normalized spacial score (nSPS) is 18.7. The van der Waals surface area contributed by atoms with Gasteiger partial charge in [0.1, 0.15) is 5.69 Å². The number of hydrogen-bond donors (Lipinski definition) is 2. The van der Waals surface area contributed by atoms with Crippen molar-refractivity contribution in [1.82, 2.24) is 9.97 Å². The maximum Gasteiger partial charge on any atom is 0.274 e. The zero-order valence-electron chi connectivity index (χ0n) is 13.9. The second-order valence-electron chi connectivity index (χ2n) is 6.01. The molecule has 0 aliphatic carbocycles. The lowest BCUT2D eigenvalue weighted by Crippen LogP contribution is -2.23. The number of carbonyl (C=O) groups excluding carboxylic acids is 1. The van der Waals surface area contributed by atoms with Gasteiger partial charge in [0.25, 0.3) is 5.91 Å². The van der Waals surface area contributed by atoms with Crippen molar-refractivity contribution < 1.29 is 13.2 Å². The lowest BCUT2D eigenvalue weighted by Gasteiger charge is -2.11. The molecule has 2 heterocycles. The summed E-state index contributed by atoms with van der Waals surface area (Å²) in [6.45, 7) is 2.07. The summed E-state index contributed by atoms with van der Waals surface area (Å²) < 4.78 is 23.0. The third-order valence-electron chi connectivity index (χ3n) is 4.07. The summed E-state index contributed by atoms with van der Waals surface area (Å²) in [5.74, 6) is 0.152. The van der Waals surface area contributed by atoms with Gasteiger partial charge in [-0.15, -0.1) is 0 Å². The van der Waals surface area contributed by atoms with Crippen LogP contribution >= 0.6 is 0 Å². The summed E-state index contributed by atoms with van der Waals surface area (Å²) in [6, 6.07) is 8.92. The van der Waals surface area contributed by atoms with E-state index in [9.17, 15) is 13.2 Å². The highest BCUT2D eigenvalue weighted by Gasteiger charge is 2.28. The first-order chi connectivity index (χ1) is 11.9. The Kier molecular flexibility index (Phi) is 4.98. The number of benzene rings is 1. The molecule has 0 radical (unpaired) electrons. The molecule has 132 valence electrons. The third kappa shape index (κ3) is 4.54. The minimum absolute atomic E-state index is 0.0660. The van der Waals surface area contributed by atoms with Gasteiger partial charge in [-0.2, -0.15) is 0 Å². The first-order valence-corrected chi connectivity index (χ1v) is 9.97. The summed E-state index contributed by atoms with van der Waals surface area (Å²) >= 11 is 0. The Morgan fingerprint density at radius 1 is 1.24 bits per heavy atom. The molecule has 1 amide bonds. The van der Waals surface area contributed by atoms with Gasteiger partial charge in [0.2, 0.25) is 5.95 Å². The quantitative estimate of drug-likeness (QED) is 0.844. The molecule has 1 aromatic carbocycles. The van der Waals surface area contributed by atoms with Gasteiger partial charge in [-0.25, -0.2) is 18.4 Å². The smallest absolute Gasteiger partial charge is 0.274 e. The zero-order chi connectivity index (χ0) is 17.9. The minimum atomic E-state index is -2.99. The predicted molar refractivity (Wildman–Crippen MR) is 96.5 cm³/mol. The van der Waals surface area contributed by atoms with E-state index in [1.54, 1.807) is 0 Å². The lowest BCUT2D eigenvalue weighted by atomic mass is 10.1. The van der Waals surface area contributed by atoms with E-state index in [0.717, 1.165) is 6.42 Å². The van der Waals surface area contributed by atoms with Crippen LogP contribution in [0, 0.1) is 0 Å². The van der Waals surface area contributed by atoms with Gasteiger partial charge in [-0.3, -0.25) is 4.79 Å². The Balaban J connectivity index is 1.66. The molecule has 1 aliphatic heterocycles. The zero-order valence-corrected chi connectivity index (χ0v) is 14.7. The molecule has 25 heavy (non-hydrogen) atoms. The van der Waals surface area contributed by atoms with Crippen LogP contribution in [-0.2, 0) is 16.3 Å². The van der Waals surface area contributed by atoms with E-state index >= 15 is 0 Å². The van der Waals surface area contributed by atoms with E-state index < -0.39 is 9.84 Å². The number of anilines is 2. The fourth-order valence-electron chi connectivity index (χ4n) is 2.67. The van der Waals surface area contributed by atoms with Crippen LogP contribution < -0.4 is 10.6 Å². The number of aromatic nitrogens is 2. The second-order valence-corrected chi connectivity index (χ2v) is 8.24. The van der Waals surface area contributed by atoms with E-state index in [4.69, 9.17) is 0 Å². The van der Waals surface area contributed by atoms with Crippen LogP contribution in [0.15, 0.2) is 36.5 Å². The van der Waals surface area contributed by atoms with E-state index in [-0.39, 0.29) is 35.1 Å². The maximum absolute atomic E-state index is 12.3. The fourth-order valence-corrected chi connectivity index (χ4v) is 4.34. The van der Waals surface area contributed by atoms with Crippen molar-refractivity contribution in [3.8, 4) is 0 Å². The SMILES string of the molecule is CCc1ccc(NC(=O)c2ccnc(NC3CCS(=O)(=O)C3)n2)cc1. The van der Waals surface area contributed by atoms with Gasteiger partial charge in [0.15, 0.2) is 9.84 Å². The van der Waals surface area contributed by atoms with E-state index in [1.165, 1.54) is 17.8 Å². The molecule has 0 spiro atoms. The Bertz CT molecular complexity index is 866. The van der Waals surface area contributed by atoms with Crippen LogP contribution in [0.25, 0.3) is 0 Å². The van der Waals surface area contributed by atoms with Gasteiger partial charge < -0.3 is 10.6 Å². The van der Waals surface area contributed by atoms with Gasteiger partial charge >= 0.3 is 0 Å². The van der Waals surface area contributed by atoms with Gasteiger partial charge in [0, 0.05) is 17.9 Å².